The van der Waals surface area contributed by atoms with Gasteiger partial charge in [0.25, 0.3) is 5.91 Å². The van der Waals surface area contributed by atoms with Crippen molar-refractivity contribution >= 4 is 26.8 Å². The molecule has 32 heavy (non-hydrogen) atoms. The lowest BCUT2D eigenvalue weighted by atomic mass is 9.99. The van der Waals surface area contributed by atoms with Gasteiger partial charge in [-0.2, -0.15) is 4.31 Å². The smallest absolute Gasteiger partial charge is 0.252 e. The normalized spacial score (nSPS) is 15.1. The number of rotatable bonds is 6. The Morgan fingerprint density at radius 1 is 1.09 bits per heavy atom. The Morgan fingerprint density at radius 3 is 2.47 bits per heavy atom. The number of para-hydroxylation sites is 1. The van der Waals surface area contributed by atoms with Crippen LogP contribution in [-0.4, -0.2) is 49.9 Å². The van der Waals surface area contributed by atoms with Crippen LogP contribution in [0.15, 0.2) is 53.4 Å². The van der Waals surface area contributed by atoms with Crippen molar-refractivity contribution in [3.8, 4) is 0 Å². The predicted molar refractivity (Wildman–Crippen MR) is 123 cm³/mol. The van der Waals surface area contributed by atoms with E-state index in [1.54, 1.807) is 24.3 Å². The minimum Gasteiger partial charge on any atom is -0.379 e. The van der Waals surface area contributed by atoms with E-state index in [-0.39, 0.29) is 10.8 Å². The second-order valence-corrected chi connectivity index (χ2v) is 9.71. The molecule has 3 aromatic rings. The van der Waals surface area contributed by atoms with Gasteiger partial charge in [-0.1, -0.05) is 37.3 Å². The van der Waals surface area contributed by atoms with Crippen LogP contribution in [0, 0.1) is 6.92 Å². The molecule has 2 aromatic carbocycles. The Morgan fingerprint density at radius 2 is 1.78 bits per heavy atom. The van der Waals surface area contributed by atoms with Crippen molar-refractivity contribution in [2.24, 2.45) is 0 Å². The van der Waals surface area contributed by atoms with Crippen LogP contribution in [0.5, 0.6) is 0 Å². The number of hydrogen-bond donors (Lipinski definition) is 1. The maximum Gasteiger partial charge on any atom is 0.252 e. The molecule has 1 N–H and O–H groups in total. The molecule has 1 saturated heterocycles. The highest BCUT2D eigenvalue weighted by Gasteiger charge is 2.26. The molecule has 1 aliphatic heterocycles. The highest BCUT2D eigenvalue weighted by Crippen LogP contribution is 2.24. The van der Waals surface area contributed by atoms with Gasteiger partial charge in [-0.05, 0) is 42.7 Å². The summed E-state index contributed by atoms with van der Waals surface area (Å²) in [5.41, 5.74) is 4.06. The van der Waals surface area contributed by atoms with Gasteiger partial charge >= 0.3 is 0 Å². The third-order valence-electron chi connectivity index (χ3n) is 5.78. The maximum atomic E-state index is 13.1. The molecule has 0 unspecified atom stereocenters. The fourth-order valence-corrected chi connectivity index (χ4v) is 5.39. The van der Waals surface area contributed by atoms with Crippen molar-refractivity contribution in [1.29, 1.82) is 0 Å². The first-order valence-electron chi connectivity index (χ1n) is 10.7. The van der Waals surface area contributed by atoms with E-state index in [0.29, 0.717) is 38.4 Å². The van der Waals surface area contributed by atoms with Crippen LogP contribution in [0.25, 0.3) is 10.9 Å². The molecule has 1 aromatic heterocycles. The molecule has 0 atom stereocenters. The number of hydrogen-bond acceptors (Lipinski definition) is 5. The van der Waals surface area contributed by atoms with Crippen molar-refractivity contribution < 1.29 is 17.9 Å². The van der Waals surface area contributed by atoms with E-state index in [1.165, 1.54) is 4.31 Å². The monoisotopic (exact) mass is 453 g/mol. The molecule has 0 spiro atoms. The number of carbonyl (C=O) groups excluding carboxylic acids is 1. The minimum atomic E-state index is -3.53. The van der Waals surface area contributed by atoms with E-state index in [9.17, 15) is 13.2 Å². The van der Waals surface area contributed by atoms with Crippen LogP contribution >= 0.6 is 0 Å². The number of sulfonamides is 1. The van der Waals surface area contributed by atoms with Gasteiger partial charge in [0.2, 0.25) is 10.0 Å². The summed E-state index contributed by atoms with van der Waals surface area (Å²) in [6, 6.07) is 14.3. The number of morpholine rings is 1. The SMILES string of the molecule is CCc1nc2ccccc2c(C(=O)NCc2ccc(S(=O)(=O)N3CCOCC3)cc2)c1C. The number of benzene rings is 2. The number of fused-ring (bicyclic) bond motifs is 1. The summed E-state index contributed by atoms with van der Waals surface area (Å²) in [7, 11) is -3.53. The third-order valence-corrected chi connectivity index (χ3v) is 7.70. The zero-order chi connectivity index (χ0) is 22.7. The minimum absolute atomic E-state index is 0.166. The fourth-order valence-electron chi connectivity index (χ4n) is 3.98. The number of nitrogens with zero attached hydrogens (tertiary/aromatic N) is 2. The number of aromatic nitrogens is 1. The van der Waals surface area contributed by atoms with Gasteiger partial charge in [0.05, 0.1) is 29.2 Å². The van der Waals surface area contributed by atoms with Crippen LogP contribution in [0.2, 0.25) is 0 Å². The van der Waals surface area contributed by atoms with Crippen LogP contribution in [0.3, 0.4) is 0 Å². The van der Waals surface area contributed by atoms with Crippen molar-refractivity contribution in [2.75, 3.05) is 26.3 Å². The molecule has 2 heterocycles. The first-order chi connectivity index (χ1) is 15.4. The standard InChI is InChI=1S/C24H27N3O4S/c1-3-21-17(2)23(20-6-4-5-7-22(20)26-21)24(28)25-16-18-8-10-19(11-9-18)32(29,30)27-12-14-31-15-13-27/h4-11H,3,12-16H2,1-2H3,(H,25,28). The van der Waals surface area contributed by atoms with E-state index in [2.05, 4.69) is 10.3 Å². The van der Waals surface area contributed by atoms with Gasteiger partial charge in [0.15, 0.2) is 0 Å². The van der Waals surface area contributed by atoms with Crippen molar-refractivity contribution in [2.45, 2.75) is 31.7 Å². The van der Waals surface area contributed by atoms with E-state index in [4.69, 9.17) is 4.74 Å². The highest BCUT2D eigenvalue weighted by atomic mass is 32.2. The lowest BCUT2D eigenvalue weighted by Gasteiger charge is -2.26. The van der Waals surface area contributed by atoms with E-state index < -0.39 is 10.0 Å². The van der Waals surface area contributed by atoms with Crippen molar-refractivity contribution in [3.63, 3.8) is 0 Å². The molecule has 0 radical (unpaired) electrons. The molecule has 0 bridgehead atoms. The first kappa shape index (κ1) is 22.4. The van der Waals surface area contributed by atoms with Crippen LogP contribution in [0.1, 0.15) is 34.1 Å². The number of carbonyl (C=O) groups is 1. The Bertz CT molecular complexity index is 1230. The lowest BCUT2D eigenvalue weighted by Crippen LogP contribution is -2.40. The Balaban J connectivity index is 1.51. The third kappa shape index (κ3) is 4.39. The summed E-state index contributed by atoms with van der Waals surface area (Å²) in [5, 5.41) is 3.80. The summed E-state index contributed by atoms with van der Waals surface area (Å²) < 4.78 is 32.2. The molecule has 1 amide bonds. The average molecular weight is 454 g/mol. The summed E-state index contributed by atoms with van der Waals surface area (Å²) in [5.74, 6) is -0.166. The van der Waals surface area contributed by atoms with Crippen LogP contribution in [0.4, 0.5) is 0 Å². The first-order valence-corrected chi connectivity index (χ1v) is 12.2. The van der Waals surface area contributed by atoms with Gasteiger partial charge in [-0.25, -0.2) is 8.42 Å². The summed E-state index contributed by atoms with van der Waals surface area (Å²) in [4.78, 5) is 18.0. The number of aryl methyl sites for hydroxylation is 1. The lowest BCUT2D eigenvalue weighted by molar-refractivity contribution is 0.0730. The van der Waals surface area contributed by atoms with Gasteiger partial charge < -0.3 is 10.1 Å². The Kier molecular flexibility index (Phi) is 6.55. The molecule has 1 fully saturated rings. The van der Waals surface area contributed by atoms with E-state index >= 15 is 0 Å². The van der Waals surface area contributed by atoms with Crippen molar-refractivity contribution in [3.05, 3.63) is 70.9 Å². The summed E-state index contributed by atoms with van der Waals surface area (Å²) in [6.45, 7) is 5.79. The van der Waals surface area contributed by atoms with E-state index in [0.717, 1.165) is 34.1 Å². The number of amides is 1. The zero-order valence-corrected chi connectivity index (χ0v) is 19.1. The zero-order valence-electron chi connectivity index (χ0n) is 18.3. The van der Waals surface area contributed by atoms with Crippen LogP contribution in [-0.2, 0) is 27.7 Å². The van der Waals surface area contributed by atoms with Gasteiger partial charge in [-0.3, -0.25) is 9.78 Å². The highest BCUT2D eigenvalue weighted by molar-refractivity contribution is 7.89. The fraction of sp³-hybridized carbons (Fsp3) is 0.333. The van der Waals surface area contributed by atoms with E-state index in [1.807, 2.05) is 38.1 Å². The molecule has 0 saturated carbocycles. The summed E-state index contributed by atoms with van der Waals surface area (Å²) >= 11 is 0. The molecular weight excluding hydrogens is 426 g/mol. The number of nitrogens with one attached hydrogen (secondary N) is 1. The Labute approximate surface area is 188 Å². The molecular formula is C24H27N3O4S. The predicted octanol–water partition coefficient (Wildman–Crippen LogP) is 3.06. The number of ether oxygens (including phenoxy) is 1. The molecule has 1 aliphatic rings. The van der Waals surface area contributed by atoms with Crippen molar-refractivity contribution in [1.82, 2.24) is 14.6 Å². The second-order valence-electron chi connectivity index (χ2n) is 7.77. The van der Waals surface area contributed by atoms with Gasteiger partial charge in [-0.15, -0.1) is 0 Å². The van der Waals surface area contributed by atoms with Gasteiger partial charge in [0, 0.05) is 30.7 Å². The van der Waals surface area contributed by atoms with Crippen LogP contribution < -0.4 is 5.32 Å². The molecule has 4 rings (SSSR count). The largest absolute Gasteiger partial charge is 0.379 e. The molecule has 0 aliphatic carbocycles. The Hall–Kier alpha value is -2.81. The molecule has 7 nitrogen and oxygen atoms in total. The maximum absolute atomic E-state index is 13.1. The quantitative estimate of drug-likeness (QED) is 0.620. The average Bonchev–Trinajstić information content (AvgIpc) is 2.83. The number of pyridine rings is 1. The van der Waals surface area contributed by atoms with Gasteiger partial charge in [0.1, 0.15) is 0 Å². The second kappa shape index (κ2) is 9.36. The molecule has 8 heteroatoms. The topological polar surface area (TPSA) is 88.6 Å². The molecule has 168 valence electrons. The summed E-state index contributed by atoms with van der Waals surface area (Å²) in [6.07, 6.45) is 0.746.